The molecule has 1 aromatic rings. The minimum Gasteiger partial charge on any atom is -0.493 e. The van der Waals surface area contributed by atoms with Gasteiger partial charge in [-0.3, -0.25) is 0 Å². The molecule has 0 unspecified atom stereocenters. The first-order chi connectivity index (χ1) is 6.31. The van der Waals surface area contributed by atoms with Crippen LogP contribution in [0.2, 0.25) is 0 Å². The van der Waals surface area contributed by atoms with Crippen molar-refractivity contribution in [3.63, 3.8) is 0 Å². The number of aryl methyl sites for hydroxylation is 2. The third-order valence-corrected chi connectivity index (χ3v) is 2.29. The summed E-state index contributed by atoms with van der Waals surface area (Å²) in [5, 5.41) is 8.65. The minimum absolute atomic E-state index is 0.613. The average Bonchev–Trinajstić information content (AvgIpc) is 2.18. The van der Waals surface area contributed by atoms with Crippen LogP contribution in [0.4, 0.5) is 5.69 Å². The smallest absolute Gasteiger partial charge is 0.385 e. The van der Waals surface area contributed by atoms with Crippen LogP contribution >= 0.6 is 0 Å². The first kappa shape index (κ1) is 8.06. The van der Waals surface area contributed by atoms with Gasteiger partial charge in [0, 0.05) is 17.7 Å². The highest BCUT2D eigenvalue weighted by molar-refractivity contribution is 5.56. The molecule has 3 nitrogen and oxygen atoms in total. The molecule has 1 heterocycles. The Hall–Kier alpha value is -1.56. The van der Waals surface area contributed by atoms with E-state index in [1.807, 2.05) is 19.1 Å². The highest BCUT2D eigenvalue weighted by Gasteiger charge is 2.17. The van der Waals surface area contributed by atoms with Crippen molar-refractivity contribution in [2.75, 3.05) is 6.61 Å². The predicted molar refractivity (Wildman–Crippen MR) is 49.7 cm³/mol. The van der Waals surface area contributed by atoms with Gasteiger partial charge in [0.25, 0.3) is 0 Å². The number of hydrogen-bond donors (Lipinski definition) is 0. The molecule has 66 valence electrons. The number of hydrogen-bond acceptors (Lipinski definition) is 2. The Morgan fingerprint density at radius 3 is 3.08 bits per heavy atom. The molecule has 0 aliphatic carbocycles. The van der Waals surface area contributed by atoms with E-state index in [9.17, 15) is 0 Å². The molecule has 1 aromatic carbocycles. The van der Waals surface area contributed by atoms with Gasteiger partial charge in [0.2, 0.25) is 5.39 Å². The molecule has 0 N–H and O–H groups in total. The van der Waals surface area contributed by atoms with Crippen LogP contribution in [0.5, 0.6) is 5.75 Å². The van der Waals surface area contributed by atoms with E-state index in [-0.39, 0.29) is 0 Å². The largest absolute Gasteiger partial charge is 0.493 e. The summed E-state index contributed by atoms with van der Waals surface area (Å²) in [6.07, 6.45) is 2.06. The first-order valence-corrected chi connectivity index (χ1v) is 4.42. The molecule has 0 fully saturated rings. The highest BCUT2D eigenvalue weighted by Crippen LogP contribution is 2.32. The van der Waals surface area contributed by atoms with Gasteiger partial charge < -0.3 is 4.74 Å². The molecule has 2 rings (SSSR count). The Bertz CT molecular complexity index is 379. The zero-order valence-corrected chi connectivity index (χ0v) is 7.58. The highest BCUT2D eigenvalue weighted by atomic mass is 16.5. The van der Waals surface area contributed by atoms with Crippen LogP contribution in [0.1, 0.15) is 17.5 Å². The molecule has 0 aromatic heterocycles. The average molecular weight is 175 g/mol. The summed E-state index contributed by atoms with van der Waals surface area (Å²) in [4.78, 5) is 3.18. The molecular formula is C10H11N2O+. The topological polar surface area (TPSA) is 37.4 Å². The van der Waals surface area contributed by atoms with E-state index in [4.69, 9.17) is 10.1 Å². The monoisotopic (exact) mass is 175 g/mol. The standard InChI is InChI=1S/C10H11N2O/c1-7-5-9(12-11)6-8-3-2-4-13-10(7)8/h5-6H,2-4H2,1H3/q+1. The molecule has 13 heavy (non-hydrogen) atoms. The fourth-order valence-corrected chi connectivity index (χ4v) is 1.71. The summed E-state index contributed by atoms with van der Waals surface area (Å²) in [7, 11) is 0. The summed E-state index contributed by atoms with van der Waals surface area (Å²) in [6, 6.07) is 3.70. The molecule has 0 bridgehead atoms. The van der Waals surface area contributed by atoms with Crippen LogP contribution in [0.25, 0.3) is 4.98 Å². The molecule has 0 saturated heterocycles. The zero-order valence-electron chi connectivity index (χ0n) is 7.58. The lowest BCUT2D eigenvalue weighted by Crippen LogP contribution is -2.09. The maximum Gasteiger partial charge on any atom is 0.385 e. The van der Waals surface area contributed by atoms with Crippen molar-refractivity contribution >= 4 is 5.69 Å². The van der Waals surface area contributed by atoms with Gasteiger partial charge in [-0.05, 0) is 25.3 Å². The molecule has 0 amide bonds. The fraction of sp³-hybridized carbons (Fsp3) is 0.400. The first-order valence-electron chi connectivity index (χ1n) is 4.42. The van der Waals surface area contributed by atoms with Crippen LogP contribution in [0, 0.1) is 12.3 Å². The number of benzene rings is 1. The maximum atomic E-state index is 8.65. The Morgan fingerprint density at radius 1 is 1.46 bits per heavy atom. The molecule has 0 atom stereocenters. The van der Waals surface area contributed by atoms with Crippen molar-refractivity contribution < 1.29 is 4.74 Å². The van der Waals surface area contributed by atoms with Crippen molar-refractivity contribution in [3.05, 3.63) is 28.2 Å². The second-order valence-electron chi connectivity index (χ2n) is 3.30. The van der Waals surface area contributed by atoms with E-state index in [0.29, 0.717) is 5.69 Å². The van der Waals surface area contributed by atoms with Crippen molar-refractivity contribution in [1.82, 2.24) is 0 Å². The lowest BCUT2D eigenvalue weighted by molar-refractivity contribution is 0.286. The van der Waals surface area contributed by atoms with Gasteiger partial charge in [0.1, 0.15) is 5.75 Å². The van der Waals surface area contributed by atoms with Crippen molar-refractivity contribution in [1.29, 1.82) is 5.39 Å². The number of diazo groups is 1. The number of fused-ring (bicyclic) bond motifs is 1. The van der Waals surface area contributed by atoms with E-state index in [1.54, 1.807) is 0 Å². The zero-order chi connectivity index (χ0) is 9.26. The molecular weight excluding hydrogens is 164 g/mol. The van der Waals surface area contributed by atoms with Gasteiger partial charge in [-0.25, -0.2) is 0 Å². The summed E-state index contributed by atoms with van der Waals surface area (Å²) in [5.74, 6) is 0.971. The second kappa shape index (κ2) is 3.06. The summed E-state index contributed by atoms with van der Waals surface area (Å²) in [6.45, 7) is 2.77. The third kappa shape index (κ3) is 1.35. The van der Waals surface area contributed by atoms with E-state index in [1.165, 1.54) is 0 Å². The molecule has 0 saturated carbocycles. The Labute approximate surface area is 77.0 Å². The predicted octanol–water partition coefficient (Wildman–Crippen LogP) is 2.80. The lowest BCUT2D eigenvalue weighted by Gasteiger charge is -2.17. The fourth-order valence-electron chi connectivity index (χ4n) is 1.71. The quantitative estimate of drug-likeness (QED) is 0.568. The maximum absolute atomic E-state index is 8.65. The van der Waals surface area contributed by atoms with E-state index < -0.39 is 0 Å². The summed E-state index contributed by atoms with van der Waals surface area (Å²) in [5.41, 5.74) is 2.81. The SMILES string of the molecule is Cc1cc([N+]#N)cc2c1OCCC2. The van der Waals surface area contributed by atoms with Gasteiger partial charge in [-0.2, -0.15) is 0 Å². The van der Waals surface area contributed by atoms with Crippen LogP contribution in [-0.4, -0.2) is 6.61 Å². The Morgan fingerprint density at radius 2 is 2.31 bits per heavy atom. The minimum atomic E-state index is 0.613. The Balaban J connectivity index is 2.54. The van der Waals surface area contributed by atoms with Gasteiger partial charge in [-0.1, -0.05) is 0 Å². The molecule has 0 radical (unpaired) electrons. The van der Waals surface area contributed by atoms with Gasteiger partial charge >= 0.3 is 5.69 Å². The number of nitrogens with zero attached hydrogens (tertiary/aromatic N) is 2. The summed E-state index contributed by atoms with van der Waals surface area (Å²) < 4.78 is 5.53. The van der Waals surface area contributed by atoms with Crippen molar-refractivity contribution in [2.24, 2.45) is 0 Å². The summed E-state index contributed by atoms with van der Waals surface area (Å²) >= 11 is 0. The van der Waals surface area contributed by atoms with E-state index in [2.05, 4.69) is 4.98 Å². The third-order valence-electron chi connectivity index (χ3n) is 2.29. The van der Waals surface area contributed by atoms with Crippen LogP contribution in [0.3, 0.4) is 0 Å². The van der Waals surface area contributed by atoms with Gasteiger partial charge in [0.15, 0.2) is 4.98 Å². The Kier molecular flexibility index (Phi) is 1.90. The number of ether oxygens (including phenoxy) is 1. The second-order valence-corrected chi connectivity index (χ2v) is 3.30. The molecule has 0 spiro atoms. The lowest BCUT2D eigenvalue weighted by atomic mass is 10.0. The van der Waals surface area contributed by atoms with Crippen LogP contribution < -0.4 is 4.74 Å². The normalized spacial score (nSPS) is 14.2. The number of rotatable bonds is 0. The van der Waals surface area contributed by atoms with Crippen molar-refractivity contribution in [3.8, 4) is 5.75 Å². The van der Waals surface area contributed by atoms with Gasteiger partial charge in [0.05, 0.1) is 6.61 Å². The molecule has 3 heteroatoms. The molecule has 1 aliphatic heterocycles. The van der Waals surface area contributed by atoms with E-state index >= 15 is 0 Å². The van der Waals surface area contributed by atoms with Gasteiger partial charge in [-0.15, -0.1) is 0 Å². The van der Waals surface area contributed by atoms with Crippen LogP contribution in [0.15, 0.2) is 12.1 Å². The molecule has 1 aliphatic rings. The van der Waals surface area contributed by atoms with E-state index in [0.717, 1.165) is 36.3 Å². The van der Waals surface area contributed by atoms with Crippen molar-refractivity contribution in [2.45, 2.75) is 19.8 Å². The van der Waals surface area contributed by atoms with Crippen LogP contribution in [-0.2, 0) is 6.42 Å².